The van der Waals surface area contributed by atoms with E-state index in [-0.39, 0.29) is 0 Å². The molecule has 0 bridgehead atoms. The number of alkyl halides is 1. The Kier molecular flexibility index (Phi) is 2.34. The van der Waals surface area contributed by atoms with Gasteiger partial charge in [0, 0.05) is 12.4 Å². The molecule has 0 aromatic carbocycles. The van der Waals surface area contributed by atoms with E-state index in [4.69, 9.17) is 5.11 Å². The van der Waals surface area contributed by atoms with E-state index in [9.17, 15) is 4.39 Å². The van der Waals surface area contributed by atoms with Crippen molar-refractivity contribution < 1.29 is 9.50 Å². The number of hydrogen-bond acceptors (Lipinski definition) is 2. The molecule has 1 unspecified atom stereocenters. The van der Waals surface area contributed by atoms with E-state index in [1.54, 1.807) is 12.1 Å². The Balaban J connectivity index is 2.75. The van der Waals surface area contributed by atoms with E-state index < -0.39 is 12.8 Å². The summed E-state index contributed by atoms with van der Waals surface area (Å²) < 4.78 is 12.6. The predicted molar refractivity (Wildman–Crippen MR) is 35.2 cm³/mol. The van der Waals surface area contributed by atoms with Gasteiger partial charge in [-0.3, -0.25) is 4.98 Å². The molecule has 1 aromatic heterocycles. The van der Waals surface area contributed by atoms with Crippen molar-refractivity contribution in [3.05, 3.63) is 30.1 Å². The first kappa shape index (κ1) is 7.15. The highest BCUT2D eigenvalue weighted by atomic mass is 19.1. The lowest BCUT2D eigenvalue weighted by atomic mass is 10.2. The second-order valence-electron chi connectivity index (χ2n) is 1.93. The van der Waals surface area contributed by atoms with Crippen LogP contribution in [0.5, 0.6) is 0 Å². The smallest absolute Gasteiger partial charge is 0.148 e. The van der Waals surface area contributed by atoms with Crippen LogP contribution in [0.3, 0.4) is 0 Å². The van der Waals surface area contributed by atoms with Gasteiger partial charge >= 0.3 is 0 Å². The van der Waals surface area contributed by atoms with E-state index in [0.717, 1.165) is 0 Å². The zero-order valence-electron chi connectivity index (χ0n) is 5.37. The maximum Gasteiger partial charge on any atom is 0.148 e. The molecule has 0 aliphatic heterocycles. The molecule has 1 heterocycles. The maximum absolute atomic E-state index is 12.6. The molecule has 0 aliphatic rings. The molecule has 10 heavy (non-hydrogen) atoms. The minimum Gasteiger partial charge on any atom is -0.393 e. The van der Waals surface area contributed by atoms with Crippen LogP contribution in [0.2, 0.25) is 0 Å². The molecule has 0 amide bonds. The summed E-state index contributed by atoms with van der Waals surface area (Å²) in [6, 6.07) is 3.09. The van der Waals surface area contributed by atoms with Crippen molar-refractivity contribution >= 4 is 0 Å². The number of aliphatic hydroxyl groups is 1. The highest BCUT2D eigenvalue weighted by molar-refractivity contribution is 5.12. The van der Waals surface area contributed by atoms with Crippen LogP contribution in [0, 0.1) is 0 Å². The van der Waals surface area contributed by atoms with Gasteiger partial charge in [-0.2, -0.15) is 0 Å². The van der Waals surface area contributed by atoms with Gasteiger partial charge in [-0.15, -0.1) is 0 Å². The zero-order valence-corrected chi connectivity index (χ0v) is 5.37. The summed E-state index contributed by atoms with van der Waals surface area (Å²) in [5.41, 5.74) is 0.470. The number of aromatic nitrogens is 1. The van der Waals surface area contributed by atoms with Gasteiger partial charge in [0.15, 0.2) is 0 Å². The average Bonchev–Trinajstić information content (AvgIpc) is 2.05. The van der Waals surface area contributed by atoms with E-state index in [2.05, 4.69) is 4.98 Å². The van der Waals surface area contributed by atoms with Crippen molar-refractivity contribution in [1.82, 2.24) is 4.98 Å². The number of nitrogens with zero attached hydrogens (tertiary/aromatic N) is 1. The third kappa shape index (κ3) is 1.51. The van der Waals surface area contributed by atoms with Crippen LogP contribution in [0.1, 0.15) is 11.7 Å². The molecule has 54 valence electrons. The molecular formula is C7H8FNO. The van der Waals surface area contributed by atoms with Crippen molar-refractivity contribution in [3.8, 4) is 0 Å². The monoisotopic (exact) mass is 141 g/mol. The van der Waals surface area contributed by atoms with Crippen LogP contribution in [0.25, 0.3) is 0 Å². The minimum atomic E-state index is -1.28. The molecule has 2 nitrogen and oxygen atoms in total. The van der Waals surface area contributed by atoms with Crippen LogP contribution in [0.15, 0.2) is 24.5 Å². The molecule has 0 radical (unpaired) electrons. The first-order valence-corrected chi connectivity index (χ1v) is 2.99. The van der Waals surface area contributed by atoms with E-state index in [1.165, 1.54) is 12.4 Å². The first-order chi connectivity index (χ1) is 4.84. The lowest BCUT2D eigenvalue weighted by molar-refractivity contribution is 0.180. The molecule has 1 rings (SSSR count). The standard InChI is InChI=1S/C7H8FNO/c8-7(5-10)6-1-3-9-4-2-6/h1-4,7,10H,5H2. The molecule has 0 aliphatic carbocycles. The van der Waals surface area contributed by atoms with Gasteiger partial charge in [-0.05, 0) is 17.7 Å². The lowest BCUT2D eigenvalue weighted by Gasteiger charge is -2.01. The average molecular weight is 141 g/mol. The van der Waals surface area contributed by atoms with Crippen LogP contribution >= 0.6 is 0 Å². The molecule has 1 atom stereocenters. The molecule has 1 aromatic rings. The summed E-state index contributed by atoms with van der Waals surface area (Å²) in [5.74, 6) is 0. The quantitative estimate of drug-likeness (QED) is 0.668. The molecule has 1 N–H and O–H groups in total. The number of aliphatic hydroxyl groups excluding tert-OH is 1. The highest BCUT2D eigenvalue weighted by Gasteiger charge is 2.05. The van der Waals surface area contributed by atoms with Crippen molar-refractivity contribution in [2.45, 2.75) is 6.17 Å². The van der Waals surface area contributed by atoms with Gasteiger partial charge in [-0.1, -0.05) is 0 Å². The largest absolute Gasteiger partial charge is 0.393 e. The number of rotatable bonds is 2. The molecule has 0 spiro atoms. The van der Waals surface area contributed by atoms with Crippen LogP contribution in [-0.4, -0.2) is 16.7 Å². The second-order valence-corrected chi connectivity index (χ2v) is 1.93. The SMILES string of the molecule is OCC(F)c1ccncc1. The van der Waals surface area contributed by atoms with Crippen LogP contribution in [-0.2, 0) is 0 Å². The summed E-state index contributed by atoms with van der Waals surface area (Å²) in [7, 11) is 0. The highest BCUT2D eigenvalue weighted by Crippen LogP contribution is 2.13. The predicted octanol–water partition coefficient (Wildman–Crippen LogP) is 1.08. The Morgan fingerprint density at radius 2 is 2.10 bits per heavy atom. The Labute approximate surface area is 58.3 Å². The fourth-order valence-electron chi connectivity index (χ4n) is 0.678. The zero-order chi connectivity index (χ0) is 7.40. The lowest BCUT2D eigenvalue weighted by Crippen LogP contribution is -1.96. The van der Waals surface area contributed by atoms with Crippen molar-refractivity contribution in [2.24, 2.45) is 0 Å². The fraction of sp³-hybridized carbons (Fsp3) is 0.286. The summed E-state index contributed by atoms with van der Waals surface area (Å²) in [6.45, 7) is -0.468. The molecular weight excluding hydrogens is 133 g/mol. The first-order valence-electron chi connectivity index (χ1n) is 2.99. The molecule has 0 saturated heterocycles. The molecule has 3 heteroatoms. The Morgan fingerprint density at radius 3 is 2.60 bits per heavy atom. The maximum atomic E-state index is 12.6. The molecule has 0 fully saturated rings. The van der Waals surface area contributed by atoms with Gasteiger partial charge in [0.05, 0.1) is 6.61 Å². The third-order valence-corrected chi connectivity index (χ3v) is 1.23. The number of hydrogen-bond donors (Lipinski definition) is 1. The number of pyridine rings is 1. The summed E-state index contributed by atoms with van der Waals surface area (Å²) >= 11 is 0. The minimum absolute atomic E-state index is 0.468. The van der Waals surface area contributed by atoms with Gasteiger partial charge in [0.1, 0.15) is 6.17 Å². The molecule has 0 saturated carbocycles. The van der Waals surface area contributed by atoms with Crippen molar-refractivity contribution in [1.29, 1.82) is 0 Å². The van der Waals surface area contributed by atoms with E-state index in [1.807, 2.05) is 0 Å². The Bertz CT molecular complexity index is 190. The summed E-state index contributed by atoms with van der Waals surface area (Å²) in [4.78, 5) is 3.71. The van der Waals surface area contributed by atoms with Gasteiger partial charge < -0.3 is 5.11 Å². The second kappa shape index (κ2) is 3.27. The summed E-state index contributed by atoms with van der Waals surface area (Å²) in [6.07, 6.45) is 1.72. The van der Waals surface area contributed by atoms with Gasteiger partial charge in [-0.25, -0.2) is 4.39 Å². The van der Waals surface area contributed by atoms with Gasteiger partial charge in [0.25, 0.3) is 0 Å². The van der Waals surface area contributed by atoms with Gasteiger partial charge in [0.2, 0.25) is 0 Å². The van der Waals surface area contributed by atoms with Crippen molar-refractivity contribution in [3.63, 3.8) is 0 Å². The normalized spacial score (nSPS) is 13.0. The van der Waals surface area contributed by atoms with E-state index in [0.29, 0.717) is 5.56 Å². The van der Waals surface area contributed by atoms with E-state index >= 15 is 0 Å². The van der Waals surface area contributed by atoms with Crippen molar-refractivity contribution in [2.75, 3.05) is 6.61 Å². The Morgan fingerprint density at radius 1 is 1.50 bits per heavy atom. The van der Waals surface area contributed by atoms with Crippen LogP contribution in [0.4, 0.5) is 4.39 Å². The Hall–Kier alpha value is -0.960. The summed E-state index contributed by atoms with van der Waals surface area (Å²) in [5, 5.41) is 8.39. The topological polar surface area (TPSA) is 33.1 Å². The number of halogens is 1. The fourth-order valence-corrected chi connectivity index (χ4v) is 0.678. The third-order valence-electron chi connectivity index (χ3n) is 1.23. The van der Waals surface area contributed by atoms with Crippen LogP contribution < -0.4 is 0 Å².